The molecule has 0 bridgehead atoms. The van der Waals surface area contributed by atoms with E-state index in [-0.39, 0.29) is 5.91 Å². The summed E-state index contributed by atoms with van der Waals surface area (Å²) in [5.41, 5.74) is 8.36. The zero-order valence-corrected chi connectivity index (χ0v) is 16.0. The molecule has 5 heterocycles. The fourth-order valence-corrected chi connectivity index (χ4v) is 4.07. The Morgan fingerprint density at radius 2 is 1.96 bits per heavy atom. The molecule has 28 heavy (non-hydrogen) atoms. The van der Waals surface area contributed by atoms with Crippen molar-refractivity contribution in [2.24, 2.45) is 0 Å². The molecule has 1 N–H and O–H groups in total. The van der Waals surface area contributed by atoms with Crippen molar-refractivity contribution in [1.29, 1.82) is 0 Å². The number of anilines is 1. The standard InChI is InChI=1S/C22H21N5O/c1-13-3-5-23-10-18(13)15-8-16-12-27(6-4-19(16)24-9-15)21-14(2)7-17-20(26-21)11-25-22(17)28/h3,5,7-10H,4,6,11-12H2,1-2H3,(H,25,28). The van der Waals surface area contributed by atoms with Crippen LogP contribution in [-0.2, 0) is 19.5 Å². The molecule has 2 aliphatic heterocycles. The first-order valence-electron chi connectivity index (χ1n) is 9.52. The number of nitrogens with one attached hydrogen (secondary N) is 1. The van der Waals surface area contributed by atoms with E-state index in [1.807, 2.05) is 37.6 Å². The summed E-state index contributed by atoms with van der Waals surface area (Å²) in [4.78, 5) is 28.0. The smallest absolute Gasteiger partial charge is 0.253 e. The Labute approximate surface area is 163 Å². The first-order valence-corrected chi connectivity index (χ1v) is 9.52. The molecule has 0 saturated carbocycles. The molecular weight excluding hydrogens is 350 g/mol. The Kier molecular flexibility index (Phi) is 3.86. The van der Waals surface area contributed by atoms with E-state index >= 15 is 0 Å². The molecule has 0 aromatic carbocycles. The van der Waals surface area contributed by atoms with Gasteiger partial charge in [-0.05, 0) is 48.7 Å². The highest BCUT2D eigenvalue weighted by Gasteiger charge is 2.26. The predicted molar refractivity (Wildman–Crippen MR) is 107 cm³/mol. The third-order valence-corrected chi connectivity index (χ3v) is 5.62. The molecule has 3 aromatic heterocycles. The number of carbonyl (C=O) groups is 1. The number of hydrogen-bond donors (Lipinski definition) is 1. The van der Waals surface area contributed by atoms with Crippen LogP contribution in [0.5, 0.6) is 0 Å². The number of nitrogens with zero attached hydrogens (tertiary/aromatic N) is 4. The van der Waals surface area contributed by atoms with Gasteiger partial charge in [-0.3, -0.25) is 14.8 Å². The van der Waals surface area contributed by atoms with E-state index in [0.717, 1.165) is 53.4 Å². The molecule has 6 nitrogen and oxygen atoms in total. The monoisotopic (exact) mass is 371 g/mol. The molecule has 0 atom stereocenters. The number of aryl methyl sites for hydroxylation is 2. The van der Waals surface area contributed by atoms with Gasteiger partial charge >= 0.3 is 0 Å². The molecule has 0 spiro atoms. The molecule has 140 valence electrons. The van der Waals surface area contributed by atoms with Crippen LogP contribution in [-0.4, -0.2) is 27.4 Å². The number of rotatable bonds is 2. The minimum absolute atomic E-state index is 0.0261. The first kappa shape index (κ1) is 16.9. The number of aromatic nitrogens is 3. The summed E-state index contributed by atoms with van der Waals surface area (Å²) in [7, 11) is 0. The van der Waals surface area contributed by atoms with E-state index in [9.17, 15) is 4.79 Å². The van der Waals surface area contributed by atoms with Gasteiger partial charge in [0.1, 0.15) is 5.82 Å². The summed E-state index contributed by atoms with van der Waals surface area (Å²) in [5.74, 6) is 0.936. The Balaban J connectivity index is 1.49. The molecule has 1 amide bonds. The lowest BCUT2D eigenvalue weighted by Crippen LogP contribution is -2.32. The Morgan fingerprint density at radius 1 is 1.07 bits per heavy atom. The number of amides is 1. The molecule has 5 rings (SSSR count). The Bertz CT molecular complexity index is 1110. The minimum Gasteiger partial charge on any atom is -0.352 e. The normalized spacial score (nSPS) is 15.2. The summed E-state index contributed by atoms with van der Waals surface area (Å²) in [6, 6.07) is 6.21. The zero-order chi connectivity index (χ0) is 19.3. The molecule has 0 aliphatic carbocycles. The number of hydrogen-bond acceptors (Lipinski definition) is 5. The third kappa shape index (κ3) is 2.72. The summed E-state index contributed by atoms with van der Waals surface area (Å²) < 4.78 is 0. The molecule has 0 unspecified atom stereocenters. The second-order valence-corrected chi connectivity index (χ2v) is 7.50. The predicted octanol–water partition coefficient (Wildman–Crippen LogP) is 2.96. The van der Waals surface area contributed by atoms with Crippen LogP contribution in [0.15, 0.2) is 36.8 Å². The van der Waals surface area contributed by atoms with Gasteiger partial charge in [0.25, 0.3) is 5.91 Å². The molecule has 0 saturated heterocycles. The van der Waals surface area contributed by atoms with Crippen LogP contribution < -0.4 is 10.2 Å². The van der Waals surface area contributed by atoms with Crippen LogP contribution in [0.25, 0.3) is 11.1 Å². The van der Waals surface area contributed by atoms with Gasteiger partial charge in [-0.1, -0.05) is 0 Å². The zero-order valence-electron chi connectivity index (χ0n) is 16.0. The fourth-order valence-electron chi connectivity index (χ4n) is 4.07. The van der Waals surface area contributed by atoms with Crippen LogP contribution in [0.4, 0.5) is 5.82 Å². The SMILES string of the molecule is Cc1ccncc1-c1cnc2c(c1)CN(c1nc3c(cc1C)C(=O)NC3)CC2. The van der Waals surface area contributed by atoms with Crippen LogP contribution in [0.1, 0.15) is 38.4 Å². The van der Waals surface area contributed by atoms with Gasteiger partial charge in [0.15, 0.2) is 0 Å². The Hall–Kier alpha value is -3.28. The summed E-state index contributed by atoms with van der Waals surface area (Å²) in [6.45, 7) is 6.27. The first-order chi connectivity index (χ1) is 13.6. The number of fused-ring (bicyclic) bond motifs is 2. The lowest BCUT2D eigenvalue weighted by molar-refractivity contribution is 0.0965. The van der Waals surface area contributed by atoms with Crippen molar-refractivity contribution in [1.82, 2.24) is 20.3 Å². The van der Waals surface area contributed by atoms with Gasteiger partial charge in [0.05, 0.1) is 17.8 Å². The van der Waals surface area contributed by atoms with Crippen molar-refractivity contribution < 1.29 is 4.79 Å². The topological polar surface area (TPSA) is 71.0 Å². The maximum atomic E-state index is 11.9. The van der Waals surface area contributed by atoms with Crippen molar-refractivity contribution in [2.45, 2.75) is 33.4 Å². The van der Waals surface area contributed by atoms with Gasteiger partial charge in [0.2, 0.25) is 0 Å². The van der Waals surface area contributed by atoms with Gasteiger partial charge < -0.3 is 10.2 Å². The van der Waals surface area contributed by atoms with E-state index in [1.54, 1.807) is 0 Å². The van der Waals surface area contributed by atoms with Crippen LogP contribution in [0.2, 0.25) is 0 Å². The highest BCUT2D eigenvalue weighted by Crippen LogP contribution is 2.30. The average molecular weight is 371 g/mol. The molecule has 6 heteroatoms. The van der Waals surface area contributed by atoms with E-state index in [4.69, 9.17) is 9.97 Å². The van der Waals surface area contributed by atoms with Crippen molar-refractivity contribution in [3.8, 4) is 11.1 Å². The van der Waals surface area contributed by atoms with Gasteiger partial charge in [-0.25, -0.2) is 4.98 Å². The number of carbonyl (C=O) groups excluding carboxylic acids is 1. The second-order valence-electron chi connectivity index (χ2n) is 7.50. The molecule has 0 radical (unpaired) electrons. The third-order valence-electron chi connectivity index (χ3n) is 5.62. The second kappa shape index (κ2) is 6.41. The highest BCUT2D eigenvalue weighted by atomic mass is 16.1. The van der Waals surface area contributed by atoms with E-state index in [1.165, 1.54) is 11.1 Å². The maximum absolute atomic E-state index is 11.9. The largest absolute Gasteiger partial charge is 0.352 e. The van der Waals surface area contributed by atoms with Crippen molar-refractivity contribution >= 4 is 11.7 Å². The van der Waals surface area contributed by atoms with Crippen LogP contribution >= 0.6 is 0 Å². The average Bonchev–Trinajstić information content (AvgIpc) is 3.07. The Morgan fingerprint density at radius 3 is 2.82 bits per heavy atom. The van der Waals surface area contributed by atoms with E-state index < -0.39 is 0 Å². The molecular formula is C22H21N5O. The van der Waals surface area contributed by atoms with Crippen molar-refractivity contribution in [3.63, 3.8) is 0 Å². The lowest BCUT2D eigenvalue weighted by Gasteiger charge is -2.31. The van der Waals surface area contributed by atoms with Crippen LogP contribution in [0, 0.1) is 13.8 Å². The summed E-state index contributed by atoms with van der Waals surface area (Å²) in [6.07, 6.45) is 6.55. The van der Waals surface area contributed by atoms with E-state index in [2.05, 4.69) is 28.2 Å². The highest BCUT2D eigenvalue weighted by molar-refractivity contribution is 5.98. The lowest BCUT2D eigenvalue weighted by atomic mass is 9.98. The van der Waals surface area contributed by atoms with Crippen molar-refractivity contribution in [2.75, 3.05) is 11.4 Å². The van der Waals surface area contributed by atoms with Crippen molar-refractivity contribution in [3.05, 3.63) is 70.4 Å². The van der Waals surface area contributed by atoms with Gasteiger partial charge in [-0.2, -0.15) is 0 Å². The maximum Gasteiger partial charge on any atom is 0.253 e. The summed E-state index contributed by atoms with van der Waals surface area (Å²) >= 11 is 0. The molecule has 3 aromatic rings. The molecule has 2 aliphatic rings. The van der Waals surface area contributed by atoms with E-state index in [0.29, 0.717) is 12.1 Å². The van der Waals surface area contributed by atoms with Gasteiger partial charge in [0, 0.05) is 54.9 Å². The van der Waals surface area contributed by atoms with Crippen LogP contribution in [0.3, 0.4) is 0 Å². The fraction of sp³-hybridized carbons (Fsp3) is 0.273. The minimum atomic E-state index is -0.0261. The number of pyridine rings is 3. The quantitative estimate of drug-likeness (QED) is 0.750. The molecule has 0 fully saturated rings. The summed E-state index contributed by atoms with van der Waals surface area (Å²) in [5, 5.41) is 2.85. The van der Waals surface area contributed by atoms with Gasteiger partial charge in [-0.15, -0.1) is 0 Å².